The van der Waals surface area contributed by atoms with Crippen molar-refractivity contribution >= 4 is 5.69 Å². The lowest BCUT2D eigenvalue weighted by Crippen LogP contribution is -2.48. The van der Waals surface area contributed by atoms with E-state index < -0.39 is 0 Å². The summed E-state index contributed by atoms with van der Waals surface area (Å²) in [5, 5.41) is 3.59. The van der Waals surface area contributed by atoms with Crippen molar-refractivity contribution in [3.05, 3.63) is 29.8 Å². The molecule has 0 unspecified atom stereocenters. The minimum atomic E-state index is 0.321. The van der Waals surface area contributed by atoms with E-state index in [0.29, 0.717) is 12.1 Å². The van der Waals surface area contributed by atoms with E-state index in [1.165, 1.54) is 30.6 Å². The monoisotopic (exact) mass is 388 g/mol. The number of piperazine rings is 1. The van der Waals surface area contributed by atoms with E-state index in [0.717, 1.165) is 59.0 Å². The van der Waals surface area contributed by atoms with E-state index in [9.17, 15) is 0 Å². The van der Waals surface area contributed by atoms with Crippen LogP contribution >= 0.6 is 0 Å². The zero-order chi connectivity index (χ0) is 19.8. The van der Waals surface area contributed by atoms with Crippen LogP contribution in [0.5, 0.6) is 0 Å². The SMILES string of the molecule is CCCCN1CCO[C@@H](CNCc2ccc(N3CCN(C(C)C)CC3)cc2)C1. The first-order valence-corrected chi connectivity index (χ1v) is 11.3. The fraction of sp³-hybridized carbons (Fsp3) is 0.739. The number of rotatable bonds is 9. The summed E-state index contributed by atoms with van der Waals surface area (Å²) < 4.78 is 5.94. The molecule has 5 nitrogen and oxygen atoms in total. The van der Waals surface area contributed by atoms with Crippen molar-refractivity contribution in [2.75, 3.05) is 63.9 Å². The molecule has 1 atom stereocenters. The summed E-state index contributed by atoms with van der Waals surface area (Å²) in [6.07, 6.45) is 2.88. The maximum Gasteiger partial charge on any atom is 0.0826 e. The van der Waals surface area contributed by atoms with Crippen molar-refractivity contribution in [1.82, 2.24) is 15.1 Å². The highest BCUT2D eigenvalue weighted by Gasteiger charge is 2.20. The van der Waals surface area contributed by atoms with Crippen LogP contribution in [0.25, 0.3) is 0 Å². The van der Waals surface area contributed by atoms with Crippen LogP contribution in [0.4, 0.5) is 5.69 Å². The first kappa shape index (κ1) is 21.6. The highest BCUT2D eigenvalue weighted by atomic mass is 16.5. The summed E-state index contributed by atoms with van der Waals surface area (Å²) in [4.78, 5) is 7.62. The number of nitrogens with zero attached hydrogens (tertiary/aromatic N) is 3. The second-order valence-electron chi connectivity index (χ2n) is 8.56. The van der Waals surface area contributed by atoms with E-state index in [1.54, 1.807) is 0 Å². The predicted octanol–water partition coefficient (Wildman–Crippen LogP) is 2.81. The Bertz CT molecular complexity index is 554. The second kappa shape index (κ2) is 11.1. The van der Waals surface area contributed by atoms with Gasteiger partial charge < -0.3 is 15.0 Å². The van der Waals surface area contributed by atoms with Gasteiger partial charge in [-0.1, -0.05) is 25.5 Å². The average Bonchev–Trinajstić information content (AvgIpc) is 2.73. The van der Waals surface area contributed by atoms with E-state index in [1.807, 2.05) is 0 Å². The number of hydrogen-bond acceptors (Lipinski definition) is 5. The van der Waals surface area contributed by atoms with Crippen LogP contribution in [0.1, 0.15) is 39.2 Å². The predicted molar refractivity (Wildman–Crippen MR) is 118 cm³/mol. The van der Waals surface area contributed by atoms with Crippen LogP contribution in [0, 0.1) is 0 Å². The van der Waals surface area contributed by atoms with E-state index in [2.05, 4.69) is 65.1 Å². The molecular formula is C23H40N4O. The van der Waals surface area contributed by atoms with Crippen LogP contribution in [0.15, 0.2) is 24.3 Å². The van der Waals surface area contributed by atoms with Crippen LogP contribution in [-0.4, -0.2) is 80.9 Å². The summed E-state index contributed by atoms with van der Waals surface area (Å²) in [6, 6.07) is 9.76. The molecule has 5 heteroatoms. The Morgan fingerprint density at radius 3 is 2.50 bits per heavy atom. The Morgan fingerprint density at radius 1 is 1.07 bits per heavy atom. The fourth-order valence-corrected chi connectivity index (χ4v) is 4.19. The van der Waals surface area contributed by atoms with Crippen LogP contribution in [-0.2, 0) is 11.3 Å². The third-order valence-corrected chi connectivity index (χ3v) is 6.10. The van der Waals surface area contributed by atoms with Crippen molar-refractivity contribution < 1.29 is 4.74 Å². The summed E-state index contributed by atoms with van der Waals surface area (Å²) >= 11 is 0. The minimum absolute atomic E-state index is 0.321. The Labute approximate surface area is 172 Å². The average molecular weight is 389 g/mol. The molecule has 0 radical (unpaired) electrons. The van der Waals surface area contributed by atoms with Gasteiger partial charge in [-0.3, -0.25) is 9.80 Å². The number of nitrogens with one attached hydrogen (secondary N) is 1. The number of benzene rings is 1. The molecule has 1 N–H and O–H groups in total. The maximum absolute atomic E-state index is 5.94. The second-order valence-corrected chi connectivity index (χ2v) is 8.56. The first-order chi connectivity index (χ1) is 13.7. The molecule has 0 aliphatic carbocycles. The fourth-order valence-electron chi connectivity index (χ4n) is 4.19. The summed E-state index contributed by atoms with van der Waals surface area (Å²) in [5.74, 6) is 0. The molecule has 0 saturated carbocycles. The highest BCUT2D eigenvalue weighted by Crippen LogP contribution is 2.18. The van der Waals surface area contributed by atoms with Crippen molar-refractivity contribution in [3.63, 3.8) is 0 Å². The number of unbranched alkanes of at least 4 members (excludes halogenated alkanes) is 1. The topological polar surface area (TPSA) is 31.0 Å². The Hall–Kier alpha value is -1.14. The van der Waals surface area contributed by atoms with Crippen molar-refractivity contribution in [1.29, 1.82) is 0 Å². The quantitative estimate of drug-likeness (QED) is 0.703. The van der Waals surface area contributed by atoms with Gasteiger partial charge in [-0.2, -0.15) is 0 Å². The summed E-state index contributed by atoms with van der Waals surface area (Å²) in [6.45, 7) is 17.5. The molecule has 28 heavy (non-hydrogen) atoms. The molecule has 0 spiro atoms. The summed E-state index contributed by atoms with van der Waals surface area (Å²) in [7, 11) is 0. The first-order valence-electron chi connectivity index (χ1n) is 11.3. The molecule has 2 saturated heterocycles. The smallest absolute Gasteiger partial charge is 0.0826 e. The zero-order valence-corrected chi connectivity index (χ0v) is 18.2. The number of anilines is 1. The lowest BCUT2D eigenvalue weighted by atomic mass is 10.1. The molecule has 2 heterocycles. The Kier molecular flexibility index (Phi) is 8.59. The molecule has 2 aliphatic rings. The normalized spacial score (nSPS) is 22.1. The molecular weight excluding hydrogens is 348 g/mol. The molecule has 0 amide bonds. The van der Waals surface area contributed by atoms with Crippen LogP contribution < -0.4 is 10.2 Å². The van der Waals surface area contributed by atoms with Crippen molar-refractivity contribution in [2.45, 2.75) is 52.3 Å². The molecule has 0 aromatic heterocycles. The molecule has 158 valence electrons. The third-order valence-electron chi connectivity index (χ3n) is 6.10. The van der Waals surface area contributed by atoms with Gasteiger partial charge in [0.2, 0.25) is 0 Å². The van der Waals surface area contributed by atoms with Gasteiger partial charge in [0.1, 0.15) is 0 Å². The standard InChI is InChI=1S/C23H40N4O/c1-4-5-10-25-15-16-28-23(19-25)18-24-17-21-6-8-22(9-7-21)27-13-11-26(12-14-27)20(2)3/h6-9,20,23-24H,4-5,10-19H2,1-3H3/t23-/m0/s1. The number of ether oxygens (including phenoxy) is 1. The van der Waals surface area contributed by atoms with Gasteiger partial charge >= 0.3 is 0 Å². The third kappa shape index (κ3) is 6.45. The number of hydrogen-bond donors (Lipinski definition) is 1. The van der Waals surface area contributed by atoms with Crippen molar-refractivity contribution in [3.8, 4) is 0 Å². The molecule has 3 rings (SSSR count). The lowest BCUT2D eigenvalue weighted by molar-refractivity contribution is -0.0274. The molecule has 1 aromatic rings. The molecule has 2 aliphatic heterocycles. The van der Waals surface area contributed by atoms with Gasteiger partial charge in [0, 0.05) is 64.1 Å². The molecule has 2 fully saturated rings. The van der Waals surface area contributed by atoms with Gasteiger partial charge in [0.25, 0.3) is 0 Å². The van der Waals surface area contributed by atoms with Gasteiger partial charge in [0.15, 0.2) is 0 Å². The minimum Gasteiger partial charge on any atom is -0.374 e. The van der Waals surface area contributed by atoms with Gasteiger partial charge in [-0.25, -0.2) is 0 Å². The van der Waals surface area contributed by atoms with Crippen LogP contribution in [0.2, 0.25) is 0 Å². The highest BCUT2D eigenvalue weighted by molar-refractivity contribution is 5.48. The van der Waals surface area contributed by atoms with E-state index in [-0.39, 0.29) is 0 Å². The molecule has 0 bridgehead atoms. The Morgan fingerprint density at radius 2 is 1.82 bits per heavy atom. The maximum atomic E-state index is 5.94. The van der Waals surface area contributed by atoms with Gasteiger partial charge in [-0.05, 0) is 44.5 Å². The molecule has 1 aromatic carbocycles. The van der Waals surface area contributed by atoms with E-state index in [4.69, 9.17) is 4.74 Å². The largest absolute Gasteiger partial charge is 0.374 e. The lowest BCUT2D eigenvalue weighted by Gasteiger charge is -2.38. The zero-order valence-electron chi connectivity index (χ0n) is 18.2. The van der Waals surface area contributed by atoms with E-state index >= 15 is 0 Å². The van der Waals surface area contributed by atoms with Crippen LogP contribution in [0.3, 0.4) is 0 Å². The Balaban J connectivity index is 1.38. The van der Waals surface area contributed by atoms with Gasteiger partial charge in [-0.15, -0.1) is 0 Å². The van der Waals surface area contributed by atoms with Crippen molar-refractivity contribution in [2.24, 2.45) is 0 Å². The van der Waals surface area contributed by atoms with Gasteiger partial charge in [0.05, 0.1) is 12.7 Å². The summed E-state index contributed by atoms with van der Waals surface area (Å²) in [5.41, 5.74) is 2.71. The number of morpholine rings is 1.